The molecule has 1 atom stereocenters. The third-order valence-corrected chi connectivity index (χ3v) is 5.71. The van der Waals surface area contributed by atoms with Crippen molar-refractivity contribution >= 4 is 34.0 Å². The summed E-state index contributed by atoms with van der Waals surface area (Å²) in [5.41, 5.74) is 1.13. The van der Waals surface area contributed by atoms with Crippen LogP contribution in [0, 0.1) is 22.7 Å². The highest BCUT2D eigenvalue weighted by atomic mass is 32.2. The van der Waals surface area contributed by atoms with Gasteiger partial charge in [0.1, 0.15) is 17.1 Å². The molecule has 1 fully saturated rings. The van der Waals surface area contributed by atoms with E-state index in [2.05, 4.69) is 12.1 Å². The second kappa shape index (κ2) is 6.23. The number of amides is 1. The lowest BCUT2D eigenvalue weighted by Crippen LogP contribution is -2.27. The molecule has 108 valence electrons. The first-order valence-corrected chi connectivity index (χ1v) is 8.45. The van der Waals surface area contributed by atoms with Crippen LogP contribution in [0.2, 0.25) is 0 Å². The minimum atomic E-state index is -0.205. The van der Waals surface area contributed by atoms with Gasteiger partial charge in [0, 0.05) is 11.4 Å². The van der Waals surface area contributed by atoms with E-state index in [9.17, 15) is 4.79 Å². The molecule has 6 heteroatoms. The molecule has 1 aromatic heterocycles. The van der Waals surface area contributed by atoms with Crippen LogP contribution in [0.5, 0.6) is 0 Å². The molecule has 1 amide bonds. The molecule has 3 rings (SSSR count). The van der Waals surface area contributed by atoms with Gasteiger partial charge in [-0.25, -0.2) is 0 Å². The fraction of sp³-hybridized carbons (Fsp3) is 0.188. The van der Waals surface area contributed by atoms with Crippen molar-refractivity contribution in [2.45, 2.75) is 16.6 Å². The van der Waals surface area contributed by atoms with Gasteiger partial charge in [-0.15, -0.1) is 23.1 Å². The van der Waals surface area contributed by atoms with E-state index in [1.165, 1.54) is 23.1 Å². The molecule has 1 aromatic carbocycles. The van der Waals surface area contributed by atoms with Gasteiger partial charge in [0.25, 0.3) is 0 Å². The second-order valence-electron chi connectivity index (χ2n) is 4.74. The minimum absolute atomic E-state index is 0.0108. The lowest BCUT2D eigenvalue weighted by molar-refractivity contribution is -0.116. The zero-order valence-electron chi connectivity index (χ0n) is 11.5. The number of rotatable bonds is 3. The van der Waals surface area contributed by atoms with Gasteiger partial charge in [0.15, 0.2) is 0 Å². The van der Waals surface area contributed by atoms with Crippen molar-refractivity contribution in [2.24, 2.45) is 0 Å². The molecule has 0 unspecified atom stereocenters. The SMILES string of the molecule is N#Cc1ccccc1S[C@H]1CCN(c2sccc2C#N)C1=O. The Labute approximate surface area is 136 Å². The van der Waals surface area contributed by atoms with Crippen molar-refractivity contribution in [3.63, 3.8) is 0 Å². The molecule has 0 bridgehead atoms. The largest absolute Gasteiger partial charge is 0.302 e. The number of hydrogen-bond acceptors (Lipinski definition) is 5. The highest BCUT2D eigenvalue weighted by Crippen LogP contribution is 2.37. The van der Waals surface area contributed by atoms with E-state index >= 15 is 0 Å². The van der Waals surface area contributed by atoms with Crippen LogP contribution in [0.4, 0.5) is 5.00 Å². The van der Waals surface area contributed by atoms with Gasteiger partial charge in [-0.05, 0) is 30.0 Å². The summed E-state index contributed by atoms with van der Waals surface area (Å²) in [6, 6.07) is 13.3. The molecule has 2 aromatic rings. The Morgan fingerprint density at radius 3 is 2.73 bits per heavy atom. The zero-order chi connectivity index (χ0) is 15.5. The van der Waals surface area contributed by atoms with Crippen molar-refractivity contribution in [1.29, 1.82) is 10.5 Å². The van der Waals surface area contributed by atoms with E-state index in [0.717, 1.165) is 9.90 Å². The molecule has 4 nitrogen and oxygen atoms in total. The highest BCUT2D eigenvalue weighted by molar-refractivity contribution is 8.00. The van der Waals surface area contributed by atoms with Gasteiger partial charge in [-0.2, -0.15) is 10.5 Å². The molecular formula is C16H11N3OS2. The van der Waals surface area contributed by atoms with Gasteiger partial charge in [-0.3, -0.25) is 4.79 Å². The molecule has 1 aliphatic rings. The number of thiophene rings is 1. The summed E-state index contributed by atoms with van der Waals surface area (Å²) in [4.78, 5) is 15.1. The van der Waals surface area contributed by atoms with Crippen molar-refractivity contribution in [1.82, 2.24) is 0 Å². The highest BCUT2D eigenvalue weighted by Gasteiger charge is 2.35. The Morgan fingerprint density at radius 1 is 1.18 bits per heavy atom. The maximum Gasteiger partial charge on any atom is 0.241 e. The molecule has 0 saturated carbocycles. The van der Waals surface area contributed by atoms with Crippen LogP contribution in [0.1, 0.15) is 17.5 Å². The van der Waals surface area contributed by atoms with Crippen LogP contribution in [0.15, 0.2) is 40.6 Å². The fourth-order valence-corrected chi connectivity index (χ4v) is 4.41. The number of carbonyl (C=O) groups is 1. The molecule has 1 aliphatic heterocycles. The summed E-state index contributed by atoms with van der Waals surface area (Å²) >= 11 is 2.85. The summed E-state index contributed by atoms with van der Waals surface area (Å²) in [6.45, 7) is 0.612. The van der Waals surface area contributed by atoms with Crippen molar-refractivity contribution in [2.75, 3.05) is 11.4 Å². The maximum absolute atomic E-state index is 12.6. The number of thioether (sulfide) groups is 1. The summed E-state index contributed by atoms with van der Waals surface area (Å²) in [5.74, 6) is 0.0108. The van der Waals surface area contributed by atoms with Gasteiger partial charge >= 0.3 is 0 Å². The van der Waals surface area contributed by atoms with Crippen LogP contribution in [0.25, 0.3) is 0 Å². The number of anilines is 1. The third kappa shape index (κ3) is 2.59. The summed E-state index contributed by atoms with van der Waals surface area (Å²) < 4.78 is 0. The number of nitrogens with zero attached hydrogens (tertiary/aromatic N) is 3. The van der Waals surface area contributed by atoms with Crippen molar-refractivity contribution in [3.8, 4) is 12.1 Å². The number of benzene rings is 1. The van der Waals surface area contributed by atoms with Gasteiger partial charge < -0.3 is 4.90 Å². The molecule has 22 heavy (non-hydrogen) atoms. The lowest BCUT2D eigenvalue weighted by Gasteiger charge is -2.15. The van der Waals surface area contributed by atoms with Gasteiger partial charge in [0.2, 0.25) is 5.91 Å². The van der Waals surface area contributed by atoms with Crippen LogP contribution in [-0.2, 0) is 4.79 Å². The van der Waals surface area contributed by atoms with Crippen LogP contribution in [-0.4, -0.2) is 17.7 Å². The number of nitriles is 2. The molecule has 0 N–H and O–H groups in total. The third-order valence-electron chi connectivity index (χ3n) is 3.44. The van der Waals surface area contributed by atoms with Crippen LogP contribution in [0.3, 0.4) is 0 Å². The topological polar surface area (TPSA) is 67.9 Å². The first-order chi connectivity index (χ1) is 10.7. The smallest absolute Gasteiger partial charge is 0.241 e. The standard InChI is InChI=1S/C16H11N3OS2/c17-9-11-3-1-2-4-13(11)22-14-5-7-19(15(14)20)16-12(10-18)6-8-21-16/h1-4,6,8,14H,5,7H2/t14-/m0/s1. The number of carbonyl (C=O) groups excluding carboxylic acids is 1. The predicted molar refractivity (Wildman–Crippen MR) is 86.8 cm³/mol. The molecule has 0 spiro atoms. The quantitative estimate of drug-likeness (QED) is 0.867. The van der Waals surface area contributed by atoms with E-state index in [1.54, 1.807) is 17.0 Å². The molecule has 2 heterocycles. The first-order valence-electron chi connectivity index (χ1n) is 6.69. The van der Waals surface area contributed by atoms with Crippen LogP contribution < -0.4 is 4.90 Å². The minimum Gasteiger partial charge on any atom is -0.302 e. The average molecular weight is 325 g/mol. The van der Waals surface area contributed by atoms with Crippen molar-refractivity contribution in [3.05, 3.63) is 46.8 Å². The maximum atomic E-state index is 12.6. The summed E-state index contributed by atoms with van der Waals surface area (Å²) in [6.07, 6.45) is 0.714. The van der Waals surface area contributed by atoms with E-state index in [4.69, 9.17) is 10.5 Å². The van der Waals surface area contributed by atoms with E-state index in [-0.39, 0.29) is 11.2 Å². The van der Waals surface area contributed by atoms with E-state index in [1.807, 2.05) is 23.6 Å². The van der Waals surface area contributed by atoms with Gasteiger partial charge in [-0.1, -0.05) is 12.1 Å². The number of hydrogen-bond donors (Lipinski definition) is 0. The van der Waals surface area contributed by atoms with Crippen molar-refractivity contribution < 1.29 is 4.79 Å². The molecule has 1 saturated heterocycles. The normalized spacial score (nSPS) is 17.3. The Bertz CT molecular complexity index is 800. The Balaban J connectivity index is 1.80. The Kier molecular flexibility index (Phi) is 4.15. The second-order valence-corrected chi connectivity index (χ2v) is 6.88. The Hall–Kier alpha value is -2.28. The average Bonchev–Trinajstić information content (AvgIpc) is 3.15. The lowest BCUT2D eigenvalue weighted by atomic mass is 10.2. The first kappa shape index (κ1) is 14.6. The van der Waals surface area contributed by atoms with Crippen LogP contribution >= 0.6 is 23.1 Å². The Morgan fingerprint density at radius 2 is 1.95 bits per heavy atom. The fourth-order valence-electron chi connectivity index (χ4n) is 2.38. The van der Waals surface area contributed by atoms with E-state index in [0.29, 0.717) is 24.1 Å². The summed E-state index contributed by atoms with van der Waals surface area (Å²) in [7, 11) is 0. The zero-order valence-corrected chi connectivity index (χ0v) is 13.2. The molecule has 0 radical (unpaired) electrons. The van der Waals surface area contributed by atoms with E-state index < -0.39 is 0 Å². The summed E-state index contributed by atoms with van der Waals surface area (Å²) in [5, 5.41) is 20.6. The van der Waals surface area contributed by atoms with Gasteiger partial charge in [0.05, 0.1) is 16.4 Å². The molecular weight excluding hydrogens is 314 g/mol. The molecule has 0 aliphatic carbocycles. The predicted octanol–water partition coefficient (Wildman–Crippen LogP) is 3.39. The monoisotopic (exact) mass is 325 g/mol.